The number of ether oxygens (including phenoxy) is 1. The highest BCUT2D eigenvalue weighted by atomic mass is 16.5. The van der Waals surface area contributed by atoms with Crippen molar-refractivity contribution >= 4 is 11.6 Å². The summed E-state index contributed by atoms with van der Waals surface area (Å²) in [6, 6.07) is 7.26. The van der Waals surface area contributed by atoms with Crippen molar-refractivity contribution in [1.29, 1.82) is 0 Å². The fraction of sp³-hybridized carbons (Fsp3) is 0.533. The highest BCUT2D eigenvalue weighted by Crippen LogP contribution is 2.25. The van der Waals surface area contributed by atoms with Gasteiger partial charge in [0.15, 0.2) is 0 Å². The van der Waals surface area contributed by atoms with Gasteiger partial charge in [-0.1, -0.05) is 19.4 Å². The molecule has 1 aliphatic rings. The summed E-state index contributed by atoms with van der Waals surface area (Å²) in [5, 5.41) is 12.9. The Kier molecular flexibility index (Phi) is 4.62. The Balaban J connectivity index is 1.79. The number of nitrogens with zero attached hydrogens (tertiary/aromatic N) is 1. The topological polar surface area (TPSA) is 61.8 Å². The van der Waals surface area contributed by atoms with Crippen molar-refractivity contribution in [3.63, 3.8) is 0 Å². The largest absolute Gasteiger partial charge is 0.497 e. The lowest BCUT2D eigenvalue weighted by Gasteiger charge is -2.46. The van der Waals surface area contributed by atoms with Crippen LogP contribution in [0, 0.1) is 0 Å². The van der Waals surface area contributed by atoms with Gasteiger partial charge in [-0.3, -0.25) is 9.69 Å². The molecule has 0 radical (unpaired) electrons. The molecule has 2 rings (SSSR count). The van der Waals surface area contributed by atoms with Gasteiger partial charge in [-0.05, 0) is 18.6 Å². The van der Waals surface area contributed by atoms with Crippen molar-refractivity contribution < 1.29 is 14.6 Å². The van der Waals surface area contributed by atoms with E-state index in [1.54, 1.807) is 13.2 Å². The molecule has 1 heterocycles. The maximum atomic E-state index is 11.9. The number of rotatable bonds is 6. The summed E-state index contributed by atoms with van der Waals surface area (Å²) in [5.74, 6) is 0.640. The Morgan fingerprint density at radius 3 is 2.90 bits per heavy atom. The van der Waals surface area contributed by atoms with Crippen LogP contribution in [0.1, 0.15) is 19.8 Å². The Morgan fingerprint density at radius 1 is 1.50 bits per heavy atom. The summed E-state index contributed by atoms with van der Waals surface area (Å²) in [5.41, 5.74) is 0.129. The van der Waals surface area contributed by atoms with Gasteiger partial charge in [0.2, 0.25) is 5.91 Å². The van der Waals surface area contributed by atoms with E-state index in [-0.39, 0.29) is 5.91 Å². The van der Waals surface area contributed by atoms with Crippen LogP contribution < -0.4 is 10.1 Å². The Hall–Kier alpha value is -1.59. The summed E-state index contributed by atoms with van der Waals surface area (Å²) in [4.78, 5) is 13.9. The van der Waals surface area contributed by atoms with E-state index in [4.69, 9.17) is 4.74 Å². The van der Waals surface area contributed by atoms with E-state index in [9.17, 15) is 9.90 Å². The molecule has 1 amide bonds. The monoisotopic (exact) mass is 278 g/mol. The van der Waals surface area contributed by atoms with Gasteiger partial charge in [0.05, 0.1) is 19.3 Å². The van der Waals surface area contributed by atoms with Crippen LogP contribution in [0.15, 0.2) is 24.3 Å². The third-order valence-corrected chi connectivity index (χ3v) is 3.47. The van der Waals surface area contributed by atoms with Gasteiger partial charge in [-0.15, -0.1) is 0 Å². The van der Waals surface area contributed by atoms with Crippen LogP contribution in [0.4, 0.5) is 5.69 Å². The zero-order valence-corrected chi connectivity index (χ0v) is 12.1. The second kappa shape index (κ2) is 6.24. The molecule has 1 saturated heterocycles. The SMILES string of the molecule is CCCC1(O)CN(CC(=O)Nc2cccc(OC)c2)C1. The lowest BCUT2D eigenvalue weighted by molar-refractivity contribution is -0.129. The van der Waals surface area contributed by atoms with E-state index in [1.807, 2.05) is 23.1 Å². The number of methoxy groups -OCH3 is 1. The maximum Gasteiger partial charge on any atom is 0.238 e. The van der Waals surface area contributed by atoms with Gasteiger partial charge < -0.3 is 15.2 Å². The number of hydrogen-bond donors (Lipinski definition) is 2. The number of benzene rings is 1. The number of nitrogens with one attached hydrogen (secondary N) is 1. The molecule has 1 aromatic rings. The van der Waals surface area contributed by atoms with Gasteiger partial charge >= 0.3 is 0 Å². The number of anilines is 1. The van der Waals surface area contributed by atoms with E-state index >= 15 is 0 Å². The van der Waals surface area contributed by atoms with Gasteiger partial charge in [-0.2, -0.15) is 0 Å². The third-order valence-electron chi connectivity index (χ3n) is 3.47. The van der Waals surface area contributed by atoms with E-state index in [1.165, 1.54) is 0 Å². The smallest absolute Gasteiger partial charge is 0.238 e. The van der Waals surface area contributed by atoms with Crippen molar-refractivity contribution in [2.45, 2.75) is 25.4 Å². The first-order chi connectivity index (χ1) is 9.54. The van der Waals surface area contributed by atoms with Crippen LogP contribution in [0.5, 0.6) is 5.75 Å². The first-order valence-electron chi connectivity index (χ1n) is 6.93. The molecule has 0 spiro atoms. The van der Waals surface area contributed by atoms with Crippen molar-refractivity contribution in [2.24, 2.45) is 0 Å². The van der Waals surface area contributed by atoms with Crippen LogP contribution in [0.2, 0.25) is 0 Å². The van der Waals surface area contributed by atoms with Gasteiger partial charge in [0, 0.05) is 24.8 Å². The fourth-order valence-corrected chi connectivity index (χ4v) is 2.63. The molecule has 5 heteroatoms. The minimum Gasteiger partial charge on any atom is -0.497 e. The standard InChI is InChI=1S/C15H22N2O3/c1-3-7-15(19)10-17(11-15)9-14(18)16-12-5-4-6-13(8-12)20-2/h4-6,8,19H,3,7,9-11H2,1-2H3,(H,16,18). The van der Waals surface area contributed by atoms with Crippen molar-refractivity contribution in [1.82, 2.24) is 4.90 Å². The van der Waals surface area contributed by atoms with Gasteiger partial charge in [-0.25, -0.2) is 0 Å². The number of carbonyl (C=O) groups is 1. The molecule has 1 aromatic carbocycles. The third kappa shape index (κ3) is 3.71. The second-order valence-electron chi connectivity index (χ2n) is 5.40. The van der Waals surface area contributed by atoms with Gasteiger partial charge in [0.1, 0.15) is 5.75 Å². The normalized spacial score (nSPS) is 17.4. The predicted molar refractivity (Wildman–Crippen MR) is 77.9 cm³/mol. The fourth-order valence-electron chi connectivity index (χ4n) is 2.63. The number of carbonyl (C=O) groups excluding carboxylic acids is 1. The van der Waals surface area contributed by atoms with Crippen LogP contribution in [0.3, 0.4) is 0 Å². The van der Waals surface area contributed by atoms with Crippen molar-refractivity contribution in [3.05, 3.63) is 24.3 Å². The van der Waals surface area contributed by atoms with Crippen molar-refractivity contribution in [2.75, 3.05) is 32.1 Å². The van der Waals surface area contributed by atoms with Crippen molar-refractivity contribution in [3.8, 4) is 5.75 Å². The molecule has 5 nitrogen and oxygen atoms in total. The predicted octanol–water partition coefficient (Wildman–Crippen LogP) is 1.48. The first-order valence-corrected chi connectivity index (χ1v) is 6.93. The second-order valence-corrected chi connectivity index (χ2v) is 5.40. The lowest BCUT2D eigenvalue weighted by Crippen LogP contribution is -2.62. The summed E-state index contributed by atoms with van der Waals surface area (Å²) in [6.07, 6.45) is 1.75. The maximum absolute atomic E-state index is 11.9. The number of aliphatic hydroxyl groups is 1. The molecule has 110 valence electrons. The Morgan fingerprint density at radius 2 is 2.25 bits per heavy atom. The molecule has 20 heavy (non-hydrogen) atoms. The van der Waals surface area contributed by atoms with E-state index in [0.717, 1.165) is 18.5 Å². The molecule has 0 atom stereocenters. The summed E-state index contributed by atoms with van der Waals surface area (Å²) in [6.45, 7) is 3.51. The highest BCUT2D eigenvalue weighted by molar-refractivity contribution is 5.92. The number of hydrogen-bond acceptors (Lipinski definition) is 4. The zero-order valence-electron chi connectivity index (χ0n) is 12.1. The molecule has 0 aliphatic carbocycles. The first kappa shape index (κ1) is 14.8. The summed E-state index contributed by atoms with van der Waals surface area (Å²) < 4.78 is 5.11. The highest BCUT2D eigenvalue weighted by Gasteiger charge is 2.40. The summed E-state index contributed by atoms with van der Waals surface area (Å²) in [7, 11) is 1.59. The lowest BCUT2D eigenvalue weighted by atomic mass is 9.89. The molecule has 0 unspecified atom stereocenters. The minimum absolute atomic E-state index is 0.0724. The quantitative estimate of drug-likeness (QED) is 0.827. The Labute approximate surface area is 119 Å². The average molecular weight is 278 g/mol. The molecule has 0 aromatic heterocycles. The van der Waals surface area contributed by atoms with E-state index in [0.29, 0.717) is 25.4 Å². The average Bonchev–Trinajstić information content (AvgIpc) is 2.37. The molecular formula is C15H22N2O3. The zero-order chi connectivity index (χ0) is 14.6. The molecule has 2 N–H and O–H groups in total. The van der Waals surface area contributed by atoms with Crippen LogP contribution in [-0.4, -0.2) is 48.3 Å². The van der Waals surface area contributed by atoms with Crippen LogP contribution in [-0.2, 0) is 4.79 Å². The van der Waals surface area contributed by atoms with Crippen LogP contribution in [0.25, 0.3) is 0 Å². The Bertz CT molecular complexity index is 470. The van der Waals surface area contributed by atoms with E-state index in [2.05, 4.69) is 12.2 Å². The van der Waals surface area contributed by atoms with Gasteiger partial charge in [0.25, 0.3) is 0 Å². The number of likely N-dealkylation sites (tertiary alicyclic amines) is 1. The number of β-amino-alcohol motifs (C(OH)–C–C–N with tert-alkyl or cyclic N) is 1. The molecular weight excluding hydrogens is 256 g/mol. The van der Waals surface area contributed by atoms with E-state index < -0.39 is 5.60 Å². The summed E-state index contributed by atoms with van der Waals surface area (Å²) >= 11 is 0. The number of amides is 1. The molecule has 0 saturated carbocycles. The molecule has 0 bridgehead atoms. The van der Waals surface area contributed by atoms with Crippen LogP contribution >= 0.6 is 0 Å². The molecule has 1 fully saturated rings. The molecule has 1 aliphatic heterocycles. The minimum atomic E-state index is -0.592.